The summed E-state index contributed by atoms with van der Waals surface area (Å²) in [6, 6.07) is 6.76. The van der Waals surface area contributed by atoms with E-state index in [0.717, 1.165) is 25.1 Å². The first-order chi connectivity index (χ1) is 13.4. The van der Waals surface area contributed by atoms with Crippen LogP contribution in [0.2, 0.25) is 0 Å². The third kappa shape index (κ3) is 4.42. The summed E-state index contributed by atoms with van der Waals surface area (Å²) in [5.74, 6) is 0.374. The van der Waals surface area contributed by atoms with Gasteiger partial charge >= 0.3 is 0 Å². The molecule has 152 valence electrons. The number of carbonyl (C=O) groups excluding carboxylic acids is 1. The molecule has 1 aliphatic heterocycles. The lowest BCUT2D eigenvalue weighted by atomic mass is 10.0. The van der Waals surface area contributed by atoms with Crippen LogP contribution < -0.4 is 0 Å². The molecule has 0 saturated carbocycles. The number of aryl methyl sites for hydroxylation is 1. The molecule has 2 aromatic rings. The maximum absolute atomic E-state index is 13.2. The molecule has 1 fully saturated rings. The number of halogens is 1. The highest BCUT2D eigenvalue weighted by Gasteiger charge is 2.32. The molecule has 3 rings (SSSR count). The van der Waals surface area contributed by atoms with Gasteiger partial charge in [0.1, 0.15) is 11.6 Å². The number of benzene rings is 1. The maximum atomic E-state index is 13.2. The van der Waals surface area contributed by atoms with Gasteiger partial charge in [-0.15, -0.1) is 0 Å². The molecule has 1 amide bonds. The van der Waals surface area contributed by atoms with Crippen LogP contribution in [-0.4, -0.2) is 51.6 Å². The van der Waals surface area contributed by atoms with E-state index in [4.69, 9.17) is 4.52 Å². The van der Waals surface area contributed by atoms with Crippen molar-refractivity contribution >= 4 is 5.91 Å². The van der Waals surface area contributed by atoms with Crippen molar-refractivity contribution in [3.05, 3.63) is 52.7 Å². The minimum Gasteiger partial charge on any atom is -0.391 e. The van der Waals surface area contributed by atoms with Gasteiger partial charge in [-0.2, -0.15) is 0 Å². The van der Waals surface area contributed by atoms with Crippen LogP contribution in [-0.2, 0) is 13.2 Å². The van der Waals surface area contributed by atoms with Gasteiger partial charge in [-0.3, -0.25) is 9.69 Å². The van der Waals surface area contributed by atoms with Crippen molar-refractivity contribution in [3.8, 4) is 0 Å². The number of aliphatic hydroxyl groups excluding tert-OH is 1. The molecule has 1 saturated heterocycles. The van der Waals surface area contributed by atoms with Crippen molar-refractivity contribution in [2.45, 2.75) is 46.4 Å². The van der Waals surface area contributed by atoms with Crippen LogP contribution in [0.3, 0.4) is 0 Å². The highest BCUT2D eigenvalue weighted by molar-refractivity contribution is 5.93. The smallest absolute Gasteiger partial charge is 0.276 e. The number of rotatable bonds is 5. The van der Waals surface area contributed by atoms with Gasteiger partial charge in [-0.05, 0) is 37.0 Å². The van der Waals surface area contributed by atoms with E-state index in [2.05, 4.69) is 23.9 Å². The Hall–Kier alpha value is -2.25. The molecule has 28 heavy (non-hydrogen) atoms. The summed E-state index contributed by atoms with van der Waals surface area (Å²) in [6.07, 6.45) is 0.835. The largest absolute Gasteiger partial charge is 0.391 e. The van der Waals surface area contributed by atoms with Crippen molar-refractivity contribution in [2.75, 3.05) is 19.6 Å². The predicted molar refractivity (Wildman–Crippen MR) is 103 cm³/mol. The van der Waals surface area contributed by atoms with Crippen LogP contribution in [0.15, 0.2) is 28.8 Å². The van der Waals surface area contributed by atoms with E-state index in [-0.39, 0.29) is 30.1 Å². The molecule has 0 radical (unpaired) electrons. The summed E-state index contributed by atoms with van der Waals surface area (Å²) in [6.45, 7) is 8.50. The Kier molecular flexibility index (Phi) is 6.46. The van der Waals surface area contributed by atoms with Crippen molar-refractivity contribution in [2.24, 2.45) is 5.92 Å². The van der Waals surface area contributed by atoms with Crippen molar-refractivity contribution in [1.29, 1.82) is 0 Å². The first kappa shape index (κ1) is 20.5. The Balaban J connectivity index is 1.78. The zero-order valence-corrected chi connectivity index (χ0v) is 16.7. The zero-order valence-electron chi connectivity index (χ0n) is 16.7. The van der Waals surface area contributed by atoms with Gasteiger partial charge in [0.05, 0.1) is 12.2 Å². The van der Waals surface area contributed by atoms with Gasteiger partial charge in [-0.1, -0.05) is 31.1 Å². The van der Waals surface area contributed by atoms with E-state index in [1.165, 1.54) is 12.1 Å². The third-order valence-corrected chi connectivity index (χ3v) is 5.45. The minimum atomic E-state index is -0.269. The second-order valence-corrected chi connectivity index (χ2v) is 7.74. The van der Waals surface area contributed by atoms with E-state index in [0.29, 0.717) is 30.3 Å². The van der Waals surface area contributed by atoms with Crippen LogP contribution in [0, 0.1) is 18.7 Å². The highest BCUT2D eigenvalue weighted by Crippen LogP contribution is 2.23. The topological polar surface area (TPSA) is 69.8 Å². The summed E-state index contributed by atoms with van der Waals surface area (Å²) >= 11 is 0. The lowest BCUT2D eigenvalue weighted by Crippen LogP contribution is -2.45. The van der Waals surface area contributed by atoms with Crippen LogP contribution in [0.1, 0.15) is 47.6 Å². The number of nitrogens with zero attached hydrogens (tertiary/aromatic N) is 3. The Morgan fingerprint density at radius 1 is 1.32 bits per heavy atom. The highest BCUT2D eigenvalue weighted by atomic mass is 19.1. The summed E-state index contributed by atoms with van der Waals surface area (Å²) in [7, 11) is 0. The minimum absolute atomic E-state index is 0.169. The van der Waals surface area contributed by atoms with Gasteiger partial charge in [0.25, 0.3) is 5.91 Å². The molecule has 0 spiro atoms. The van der Waals surface area contributed by atoms with Crippen LogP contribution in [0.25, 0.3) is 0 Å². The van der Waals surface area contributed by atoms with E-state index >= 15 is 0 Å². The van der Waals surface area contributed by atoms with E-state index in [1.807, 2.05) is 17.0 Å². The molecule has 0 aliphatic carbocycles. The fourth-order valence-electron chi connectivity index (χ4n) is 3.80. The summed E-state index contributed by atoms with van der Waals surface area (Å²) in [5, 5.41) is 13.4. The Morgan fingerprint density at radius 2 is 2.04 bits per heavy atom. The molecule has 2 heterocycles. The number of carbonyl (C=O) groups is 1. The van der Waals surface area contributed by atoms with E-state index in [1.54, 1.807) is 6.92 Å². The second kappa shape index (κ2) is 8.84. The molecule has 1 aliphatic rings. The number of hydrogen-bond donors (Lipinski definition) is 1. The van der Waals surface area contributed by atoms with Gasteiger partial charge in [0.2, 0.25) is 0 Å². The molecular formula is C21H28FN3O3. The lowest BCUT2D eigenvalue weighted by molar-refractivity contribution is 0.0689. The Bertz CT molecular complexity index is 804. The first-order valence-electron chi connectivity index (χ1n) is 9.74. The predicted octanol–water partition coefficient (Wildman–Crippen LogP) is 2.99. The summed E-state index contributed by atoms with van der Waals surface area (Å²) in [5.41, 5.74) is 1.72. The van der Waals surface area contributed by atoms with Crippen molar-refractivity contribution < 1.29 is 18.8 Å². The molecule has 0 bridgehead atoms. The van der Waals surface area contributed by atoms with Crippen LogP contribution >= 0.6 is 0 Å². The lowest BCUT2D eigenvalue weighted by Gasteiger charge is -2.34. The van der Waals surface area contributed by atoms with E-state index < -0.39 is 0 Å². The average Bonchev–Trinajstić information content (AvgIpc) is 2.91. The fourth-order valence-corrected chi connectivity index (χ4v) is 3.80. The number of aromatic nitrogens is 1. The number of aliphatic hydroxyl groups is 1. The SMILES string of the molecule is Cc1onc(C(=O)N2CCCN(Cc3ccc(F)cc3)[C@@H](C(C)C)C2)c1CO. The normalized spacial score (nSPS) is 18.5. The molecule has 1 atom stereocenters. The number of hydrogen-bond acceptors (Lipinski definition) is 5. The molecule has 1 N–H and O–H groups in total. The Morgan fingerprint density at radius 3 is 2.68 bits per heavy atom. The van der Waals surface area contributed by atoms with Gasteiger partial charge in [0, 0.05) is 32.2 Å². The number of amides is 1. The molecule has 1 aromatic heterocycles. The average molecular weight is 389 g/mol. The standard InChI is InChI=1S/C21H28FN3O3/c1-14(2)19-12-25(21(27)20-18(13-26)15(3)28-23-20)10-4-9-24(19)11-16-5-7-17(22)8-6-16/h5-8,14,19,26H,4,9-13H2,1-3H3/t19-/m1/s1. The maximum Gasteiger partial charge on any atom is 0.276 e. The van der Waals surface area contributed by atoms with Crippen LogP contribution in [0.4, 0.5) is 4.39 Å². The van der Waals surface area contributed by atoms with Gasteiger partial charge in [0.15, 0.2) is 5.69 Å². The zero-order chi connectivity index (χ0) is 20.3. The molecular weight excluding hydrogens is 361 g/mol. The Labute approximate surface area is 164 Å². The molecule has 7 heteroatoms. The monoisotopic (exact) mass is 389 g/mol. The molecule has 1 aromatic carbocycles. The first-order valence-corrected chi connectivity index (χ1v) is 9.74. The van der Waals surface area contributed by atoms with Gasteiger partial charge < -0.3 is 14.5 Å². The second-order valence-electron chi connectivity index (χ2n) is 7.74. The summed E-state index contributed by atoms with van der Waals surface area (Å²) < 4.78 is 18.3. The summed E-state index contributed by atoms with van der Waals surface area (Å²) in [4.78, 5) is 17.2. The van der Waals surface area contributed by atoms with E-state index in [9.17, 15) is 14.3 Å². The van der Waals surface area contributed by atoms with Gasteiger partial charge in [-0.25, -0.2) is 4.39 Å². The quantitative estimate of drug-likeness (QED) is 0.851. The third-order valence-electron chi connectivity index (χ3n) is 5.45. The van der Waals surface area contributed by atoms with Crippen molar-refractivity contribution in [1.82, 2.24) is 15.0 Å². The fraction of sp³-hybridized carbons (Fsp3) is 0.524. The van der Waals surface area contributed by atoms with Crippen LogP contribution in [0.5, 0.6) is 0 Å². The van der Waals surface area contributed by atoms with Crippen molar-refractivity contribution in [3.63, 3.8) is 0 Å². The molecule has 6 nitrogen and oxygen atoms in total. The molecule has 0 unspecified atom stereocenters.